The van der Waals surface area contributed by atoms with Crippen LogP contribution in [0, 0.1) is 6.07 Å². The molecule has 16 heavy (non-hydrogen) atoms. The third-order valence-corrected chi connectivity index (χ3v) is 3.88. The molecule has 0 spiro atoms. The molecule has 0 aliphatic carbocycles. The van der Waals surface area contributed by atoms with Crippen molar-refractivity contribution < 1.29 is 0 Å². The van der Waals surface area contributed by atoms with E-state index >= 15 is 0 Å². The molecule has 2 heteroatoms. The molecule has 0 bridgehead atoms. The first-order chi connectivity index (χ1) is 7.83. The molecule has 0 nitrogen and oxygen atoms in total. The predicted octanol–water partition coefficient (Wildman–Crippen LogP) is 4.60. The van der Waals surface area contributed by atoms with Crippen LogP contribution in [-0.4, -0.2) is 12.5 Å². The fourth-order valence-corrected chi connectivity index (χ4v) is 2.36. The first-order valence-corrected chi connectivity index (χ1v) is 7.48. The van der Waals surface area contributed by atoms with Gasteiger partial charge in [0.1, 0.15) is 0 Å². The van der Waals surface area contributed by atoms with Crippen LogP contribution in [0.4, 0.5) is 0 Å². The third-order valence-electron chi connectivity index (χ3n) is 2.41. The summed E-state index contributed by atoms with van der Waals surface area (Å²) in [5.74, 6) is 0. The second-order valence-electron chi connectivity index (χ2n) is 3.37. The van der Waals surface area contributed by atoms with Crippen molar-refractivity contribution in [1.29, 1.82) is 0 Å². The quantitative estimate of drug-likeness (QED) is 0.725. The van der Waals surface area contributed by atoms with E-state index in [9.17, 15) is 0 Å². The molecule has 0 amide bonds. The van der Waals surface area contributed by atoms with Gasteiger partial charge in [-0.2, -0.15) is 0 Å². The lowest BCUT2D eigenvalue weighted by atomic mass is 10.1. The van der Waals surface area contributed by atoms with Crippen LogP contribution in [0.15, 0.2) is 52.3 Å². The number of rotatable bonds is 3. The van der Waals surface area contributed by atoms with E-state index in [2.05, 4.69) is 55.0 Å². The SMILES string of the molecule is CSc1ccc(-c2[c]ccc(SC)c2)cc1. The van der Waals surface area contributed by atoms with Gasteiger partial charge < -0.3 is 0 Å². The lowest BCUT2D eigenvalue weighted by Gasteiger charge is -2.04. The van der Waals surface area contributed by atoms with Gasteiger partial charge in [-0.25, -0.2) is 0 Å². The van der Waals surface area contributed by atoms with Crippen LogP contribution in [0.3, 0.4) is 0 Å². The van der Waals surface area contributed by atoms with Gasteiger partial charge in [-0.1, -0.05) is 18.2 Å². The van der Waals surface area contributed by atoms with Crippen LogP contribution < -0.4 is 0 Å². The van der Waals surface area contributed by atoms with Crippen molar-refractivity contribution in [2.45, 2.75) is 9.79 Å². The highest BCUT2D eigenvalue weighted by Gasteiger charge is 1.99. The van der Waals surface area contributed by atoms with Crippen LogP contribution >= 0.6 is 23.5 Å². The van der Waals surface area contributed by atoms with E-state index in [-0.39, 0.29) is 0 Å². The molecule has 2 aromatic carbocycles. The highest BCUT2D eigenvalue weighted by atomic mass is 32.2. The van der Waals surface area contributed by atoms with E-state index < -0.39 is 0 Å². The Labute approximate surface area is 105 Å². The van der Waals surface area contributed by atoms with Crippen molar-refractivity contribution in [2.24, 2.45) is 0 Å². The minimum atomic E-state index is 1.17. The van der Waals surface area contributed by atoms with Gasteiger partial charge in [0.2, 0.25) is 0 Å². The average molecular weight is 245 g/mol. The van der Waals surface area contributed by atoms with E-state index in [4.69, 9.17) is 0 Å². The molecule has 2 aromatic rings. The maximum absolute atomic E-state index is 3.28. The van der Waals surface area contributed by atoms with Crippen LogP contribution in [0.2, 0.25) is 0 Å². The summed E-state index contributed by atoms with van der Waals surface area (Å²) in [5.41, 5.74) is 2.40. The Morgan fingerprint density at radius 1 is 0.875 bits per heavy atom. The first kappa shape index (κ1) is 11.6. The summed E-state index contributed by atoms with van der Waals surface area (Å²) in [5, 5.41) is 0. The molecule has 2 rings (SSSR count). The predicted molar refractivity (Wildman–Crippen MR) is 74.3 cm³/mol. The maximum Gasteiger partial charge on any atom is 0.00757 e. The standard InChI is InChI=1S/C14H13S2/c1-15-13-8-6-11(7-9-13)12-4-3-5-14(10-12)16-2/h3,5-10H,1-2H3. The molecule has 0 atom stereocenters. The summed E-state index contributed by atoms with van der Waals surface area (Å²) in [6.45, 7) is 0. The zero-order valence-electron chi connectivity index (χ0n) is 9.36. The van der Waals surface area contributed by atoms with Gasteiger partial charge in [0.25, 0.3) is 0 Å². The molecule has 0 saturated heterocycles. The molecular formula is C14H13S2. The van der Waals surface area contributed by atoms with Crippen LogP contribution in [0.5, 0.6) is 0 Å². The molecule has 0 aliphatic rings. The second-order valence-corrected chi connectivity index (χ2v) is 5.13. The van der Waals surface area contributed by atoms with Crippen LogP contribution in [-0.2, 0) is 0 Å². The van der Waals surface area contributed by atoms with Crippen molar-refractivity contribution in [3.63, 3.8) is 0 Å². The van der Waals surface area contributed by atoms with E-state index in [1.165, 1.54) is 20.9 Å². The zero-order valence-corrected chi connectivity index (χ0v) is 11.0. The van der Waals surface area contributed by atoms with Crippen molar-refractivity contribution in [1.82, 2.24) is 0 Å². The fraction of sp³-hybridized carbons (Fsp3) is 0.143. The van der Waals surface area contributed by atoms with E-state index in [1.54, 1.807) is 23.5 Å². The summed E-state index contributed by atoms with van der Waals surface area (Å²) in [6, 6.07) is 18.1. The van der Waals surface area contributed by atoms with E-state index in [0.29, 0.717) is 0 Å². The van der Waals surface area contributed by atoms with Crippen molar-refractivity contribution in [2.75, 3.05) is 12.5 Å². The zero-order chi connectivity index (χ0) is 11.4. The average Bonchev–Trinajstić information content (AvgIpc) is 2.39. The topological polar surface area (TPSA) is 0 Å². The van der Waals surface area contributed by atoms with Crippen molar-refractivity contribution in [3.05, 3.63) is 48.5 Å². The van der Waals surface area contributed by atoms with E-state index in [0.717, 1.165) is 0 Å². The smallest absolute Gasteiger partial charge is 0.00757 e. The lowest BCUT2D eigenvalue weighted by molar-refractivity contribution is 1.42. The van der Waals surface area contributed by atoms with E-state index in [1.807, 2.05) is 6.07 Å². The summed E-state index contributed by atoms with van der Waals surface area (Å²) < 4.78 is 0. The Hall–Kier alpha value is -0.860. The van der Waals surface area contributed by atoms with Gasteiger partial charge in [-0.15, -0.1) is 23.5 Å². The largest absolute Gasteiger partial charge is 0.130 e. The molecule has 81 valence electrons. The van der Waals surface area contributed by atoms with Crippen LogP contribution in [0.25, 0.3) is 11.1 Å². The molecule has 1 radical (unpaired) electrons. The van der Waals surface area contributed by atoms with Gasteiger partial charge in [-0.05, 0) is 54.0 Å². The monoisotopic (exact) mass is 245 g/mol. The Morgan fingerprint density at radius 2 is 1.56 bits per heavy atom. The fourth-order valence-electron chi connectivity index (χ4n) is 1.51. The summed E-state index contributed by atoms with van der Waals surface area (Å²) in [6.07, 6.45) is 4.19. The number of thioether (sulfide) groups is 2. The Bertz CT molecular complexity index is 460. The Balaban J connectivity index is 2.34. The lowest BCUT2D eigenvalue weighted by Crippen LogP contribution is -1.79. The van der Waals surface area contributed by atoms with Crippen molar-refractivity contribution >= 4 is 23.5 Å². The van der Waals surface area contributed by atoms with Crippen LogP contribution in [0.1, 0.15) is 0 Å². The minimum absolute atomic E-state index is 1.17. The highest BCUT2D eigenvalue weighted by Crippen LogP contribution is 2.25. The molecule has 0 fully saturated rings. The molecule has 0 N–H and O–H groups in total. The third kappa shape index (κ3) is 2.63. The van der Waals surface area contributed by atoms with Gasteiger partial charge in [0, 0.05) is 9.79 Å². The summed E-state index contributed by atoms with van der Waals surface area (Å²) >= 11 is 3.53. The molecule has 0 aliphatic heterocycles. The molecule has 0 unspecified atom stereocenters. The Kier molecular flexibility index (Phi) is 3.97. The summed E-state index contributed by atoms with van der Waals surface area (Å²) in [4.78, 5) is 2.58. The molecule has 0 heterocycles. The Morgan fingerprint density at radius 3 is 2.19 bits per heavy atom. The number of hydrogen-bond acceptors (Lipinski definition) is 2. The van der Waals surface area contributed by atoms with Gasteiger partial charge in [-0.3, -0.25) is 0 Å². The second kappa shape index (κ2) is 5.46. The normalized spacial score (nSPS) is 10.4. The van der Waals surface area contributed by atoms with Crippen molar-refractivity contribution in [3.8, 4) is 11.1 Å². The molecule has 0 aromatic heterocycles. The number of hydrogen-bond donors (Lipinski definition) is 0. The summed E-state index contributed by atoms with van der Waals surface area (Å²) in [7, 11) is 0. The molecular weight excluding hydrogens is 232 g/mol. The number of benzene rings is 2. The molecule has 0 saturated carbocycles. The van der Waals surface area contributed by atoms with Gasteiger partial charge in [0.05, 0.1) is 0 Å². The highest BCUT2D eigenvalue weighted by molar-refractivity contribution is 7.98. The van der Waals surface area contributed by atoms with Gasteiger partial charge >= 0.3 is 0 Å². The maximum atomic E-state index is 3.28. The first-order valence-electron chi connectivity index (χ1n) is 5.03. The van der Waals surface area contributed by atoms with Gasteiger partial charge in [0.15, 0.2) is 0 Å². The minimum Gasteiger partial charge on any atom is -0.130 e.